The van der Waals surface area contributed by atoms with E-state index in [1.54, 1.807) is 7.11 Å². The summed E-state index contributed by atoms with van der Waals surface area (Å²) in [4.78, 5) is 0. The molecule has 0 bridgehead atoms. The van der Waals surface area contributed by atoms with Gasteiger partial charge in [0.05, 0.1) is 7.11 Å². The number of para-hydroxylation sites is 1. The lowest BCUT2D eigenvalue weighted by Crippen LogP contribution is -2.51. The van der Waals surface area contributed by atoms with Crippen LogP contribution in [-0.2, 0) is 5.54 Å². The Morgan fingerprint density at radius 1 is 1.38 bits per heavy atom. The second kappa shape index (κ2) is 3.04. The van der Waals surface area contributed by atoms with Crippen LogP contribution in [0.2, 0.25) is 0 Å². The van der Waals surface area contributed by atoms with Crippen molar-refractivity contribution in [3.63, 3.8) is 0 Å². The first kappa shape index (κ1) is 8.57. The zero-order valence-electron chi connectivity index (χ0n) is 8.13. The van der Waals surface area contributed by atoms with E-state index in [4.69, 9.17) is 4.74 Å². The highest BCUT2D eigenvalue weighted by molar-refractivity contribution is 5.40. The summed E-state index contributed by atoms with van der Waals surface area (Å²) in [5.41, 5.74) is 1.40. The first-order valence-corrected chi connectivity index (χ1v) is 4.65. The Morgan fingerprint density at radius 3 is 2.62 bits per heavy atom. The first-order chi connectivity index (χ1) is 6.26. The topological polar surface area (TPSA) is 21.3 Å². The number of nitrogens with one attached hydrogen (secondary N) is 1. The molecule has 2 nitrogen and oxygen atoms in total. The van der Waals surface area contributed by atoms with Gasteiger partial charge in [-0.25, -0.2) is 0 Å². The van der Waals surface area contributed by atoms with Crippen LogP contribution in [0, 0.1) is 0 Å². The maximum atomic E-state index is 5.33. The number of benzene rings is 1. The predicted molar refractivity (Wildman–Crippen MR) is 53.0 cm³/mol. The van der Waals surface area contributed by atoms with Crippen molar-refractivity contribution in [3.8, 4) is 5.75 Å². The molecule has 2 rings (SSSR count). The van der Waals surface area contributed by atoms with Crippen LogP contribution in [0.15, 0.2) is 24.3 Å². The Hall–Kier alpha value is -1.02. The fraction of sp³-hybridized carbons (Fsp3) is 0.455. The monoisotopic (exact) mass is 177 g/mol. The fourth-order valence-corrected chi connectivity index (χ4v) is 1.83. The van der Waals surface area contributed by atoms with Gasteiger partial charge in [-0.1, -0.05) is 18.2 Å². The van der Waals surface area contributed by atoms with Crippen LogP contribution in [0.1, 0.15) is 18.9 Å². The molecule has 1 atom stereocenters. The first-order valence-electron chi connectivity index (χ1n) is 4.65. The lowest BCUT2D eigenvalue weighted by atomic mass is 9.82. The van der Waals surface area contributed by atoms with Gasteiger partial charge in [0, 0.05) is 11.1 Å². The van der Waals surface area contributed by atoms with Crippen molar-refractivity contribution in [2.45, 2.75) is 18.9 Å². The molecule has 0 spiro atoms. The highest BCUT2D eigenvalue weighted by Crippen LogP contribution is 2.36. The molecule has 2 heteroatoms. The van der Waals surface area contributed by atoms with Gasteiger partial charge in [-0.05, 0) is 26.0 Å². The molecule has 70 valence electrons. The molecule has 1 heterocycles. The van der Waals surface area contributed by atoms with Gasteiger partial charge in [-0.2, -0.15) is 0 Å². The standard InChI is InChI=1S/C11H15NO/c1-11(7-8-12-11)9-5-3-4-6-10(9)13-2/h3-6,12H,7-8H2,1-2H3. The van der Waals surface area contributed by atoms with E-state index < -0.39 is 0 Å². The van der Waals surface area contributed by atoms with Gasteiger partial charge < -0.3 is 10.1 Å². The third-order valence-electron chi connectivity index (χ3n) is 2.84. The predicted octanol–water partition coefficient (Wildman–Crippen LogP) is 1.90. The molecule has 0 radical (unpaired) electrons. The molecule has 1 N–H and O–H groups in total. The van der Waals surface area contributed by atoms with Crippen molar-refractivity contribution in [3.05, 3.63) is 29.8 Å². The second-order valence-corrected chi connectivity index (χ2v) is 3.71. The van der Waals surface area contributed by atoms with Crippen molar-refractivity contribution >= 4 is 0 Å². The molecule has 13 heavy (non-hydrogen) atoms. The molecule has 0 saturated carbocycles. The average molecular weight is 177 g/mol. The normalized spacial score (nSPS) is 26.6. The molecule has 1 saturated heterocycles. The molecule has 1 unspecified atom stereocenters. The van der Waals surface area contributed by atoms with Crippen molar-refractivity contribution in [1.29, 1.82) is 0 Å². The number of ether oxygens (including phenoxy) is 1. The van der Waals surface area contributed by atoms with Gasteiger partial charge in [0.1, 0.15) is 5.75 Å². The molecule has 1 aromatic carbocycles. The summed E-state index contributed by atoms with van der Waals surface area (Å²) >= 11 is 0. The van der Waals surface area contributed by atoms with Gasteiger partial charge in [-0.3, -0.25) is 0 Å². The summed E-state index contributed by atoms with van der Waals surface area (Å²) in [6.45, 7) is 3.32. The minimum absolute atomic E-state index is 0.132. The molecule has 1 fully saturated rings. The van der Waals surface area contributed by atoms with E-state index in [0.717, 1.165) is 12.3 Å². The van der Waals surface area contributed by atoms with E-state index in [1.165, 1.54) is 12.0 Å². The van der Waals surface area contributed by atoms with Crippen LogP contribution in [0.3, 0.4) is 0 Å². The summed E-state index contributed by atoms with van der Waals surface area (Å²) in [6.07, 6.45) is 1.19. The number of rotatable bonds is 2. The summed E-state index contributed by atoms with van der Waals surface area (Å²) in [5, 5.41) is 3.43. The van der Waals surface area contributed by atoms with Gasteiger partial charge in [0.15, 0.2) is 0 Å². The van der Waals surface area contributed by atoms with E-state index in [-0.39, 0.29) is 5.54 Å². The largest absolute Gasteiger partial charge is 0.496 e. The van der Waals surface area contributed by atoms with Crippen molar-refractivity contribution in [2.75, 3.05) is 13.7 Å². The summed E-state index contributed by atoms with van der Waals surface area (Å²) in [7, 11) is 1.72. The Balaban J connectivity index is 2.38. The van der Waals surface area contributed by atoms with Gasteiger partial charge >= 0.3 is 0 Å². The van der Waals surface area contributed by atoms with Gasteiger partial charge in [0.2, 0.25) is 0 Å². The van der Waals surface area contributed by atoms with Crippen LogP contribution in [0.25, 0.3) is 0 Å². The summed E-state index contributed by atoms with van der Waals surface area (Å²) < 4.78 is 5.33. The second-order valence-electron chi connectivity index (χ2n) is 3.71. The number of hydrogen-bond donors (Lipinski definition) is 1. The highest BCUT2D eigenvalue weighted by Gasteiger charge is 2.34. The smallest absolute Gasteiger partial charge is 0.123 e. The zero-order valence-corrected chi connectivity index (χ0v) is 8.13. The van der Waals surface area contributed by atoms with Crippen molar-refractivity contribution < 1.29 is 4.74 Å². The summed E-state index contributed by atoms with van der Waals surface area (Å²) in [5.74, 6) is 0.984. The van der Waals surface area contributed by atoms with Crippen LogP contribution in [0.4, 0.5) is 0 Å². The Labute approximate surface area is 78.9 Å². The molecule has 0 aromatic heterocycles. The van der Waals surface area contributed by atoms with E-state index in [9.17, 15) is 0 Å². The molecular formula is C11H15NO. The lowest BCUT2D eigenvalue weighted by molar-refractivity contribution is 0.228. The molecule has 1 aromatic rings. The van der Waals surface area contributed by atoms with E-state index in [2.05, 4.69) is 24.4 Å². The third kappa shape index (κ3) is 1.31. The van der Waals surface area contributed by atoms with Gasteiger partial charge in [-0.15, -0.1) is 0 Å². The summed E-state index contributed by atoms with van der Waals surface area (Å²) in [6, 6.07) is 8.21. The maximum Gasteiger partial charge on any atom is 0.123 e. The maximum absolute atomic E-state index is 5.33. The minimum Gasteiger partial charge on any atom is -0.496 e. The number of methoxy groups -OCH3 is 1. The fourth-order valence-electron chi connectivity index (χ4n) is 1.83. The Morgan fingerprint density at radius 2 is 2.08 bits per heavy atom. The van der Waals surface area contributed by atoms with Crippen molar-refractivity contribution in [1.82, 2.24) is 5.32 Å². The molecule has 1 aliphatic heterocycles. The van der Waals surface area contributed by atoms with E-state index in [0.29, 0.717) is 0 Å². The van der Waals surface area contributed by atoms with Crippen molar-refractivity contribution in [2.24, 2.45) is 0 Å². The van der Waals surface area contributed by atoms with Crippen LogP contribution in [0.5, 0.6) is 5.75 Å². The van der Waals surface area contributed by atoms with Gasteiger partial charge in [0.25, 0.3) is 0 Å². The Kier molecular flexibility index (Phi) is 2.00. The van der Waals surface area contributed by atoms with Crippen LogP contribution >= 0.6 is 0 Å². The molecule has 0 aliphatic carbocycles. The van der Waals surface area contributed by atoms with Crippen LogP contribution in [-0.4, -0.2) is 13.7 Å². The third-order valence-corrected chi connectivity index (χ3v) is 2.84. The molecule has 0 amide bonds. The Bertz CT molecular complexity index is 305. The number of hydrogen-bond acceptors (Lipinski definition) is 2. The molecular weight excluding hydrogens is 162 g/mol. The lowest BCUT2D eigenvalue weighted by Gasteiger charge is -2.41. The quantitative estimate of drug-likeness (QED) is 0.745. The minimum atomic E-state index is 0.132. The highest BCUT2D eigenvalue weighted by atomic mass is 16.5. The van der Waals surface area contributed by atoms with E-state index >= 15 is 0 Å². The molecule has 1 aliphatic rings. The van der Waals surface area contributed by atoms with E-state index in [1.807, 2.05) is 12.1 Å². The SMILES string of the molecule is COc1ccccc1C1(C)CCN1. The average Bonchev–Trinajstić information content (AvgIpc) is 2.14. The van der Waals surface area contributed by atoms with Crippen LogP contribution < -0.4 is 10.1 Å². The zero-order chi connectivity index (χ0) is 9.31.